The summed E-state index contributed by atoms with van der Waals surface area (Å²) < 4.78 is 26.1. The molecule has 2 aromatic carbocycles. The van der Waals surface area contributed by atoms with Crippen molar-refractivity contribution in [2.24, 2.45) is 0 Å². The molecule has 0 atom stereocenters. The van der Waals surface area contributed by atoms with Gasteiger partial charge in [0, 0.05) is 11.6 Å². The zero-order valence-corrected chi connectivity index (χ0v) is 10.7. The van der Waals surface area contributed by atoms with E-state index in [0.29, 0.717) is 0 Å². The van der Waals surface area contributed by atoms with Crippen LogP contribution in [0.5, 0.6) is 0 Å². The zero-order valence-electron chi connectivity index (χ0n) is 10.7. The minimum absolute atomic E-state index is 0.207. The van der Waals surface area contributed by atoms with E-state index in [0.717, 1.165) is 24.5 Å². The summed E-state index contributed by atoms with van der Waals surface area (Å²) in [6, 6.07) is 11.3. The van der Waals surface area contributed by atoms with Gasteiger partial charge in [0.25, 0.3) is 0 Å². The molecule has 0 aliphatic heterocycles. The summed E-state index contributed by atoms with van der Waals surface area (Å²) in [5.74, 6) is 4.37. The van der Waals surface area contributed by atoms with E-state index >= 15 is 0 Å². The first-order valence-corrected chi connectivity index (χ1v) is 6.25. The molecule has 19 heavy (non-hydrogen) atoms. The van der Waals surface area contributed by atoms with Crippen molar-refractivity contribution >= 4 is 0 Å². The fourth-order valence-electron chi connectivity index (χ4n) is 1.77. The van der Waals surface area contributed by atoms with Gasteiger partial charge in [-0.15, -0.1) is 0 Å². The van der Waals surface area contributed by atoms with Crippen LogP contribution in [0.1, 0.15) is 30.0 Å². The Morgan fingerprint density at radius 3 is 2.32 bits per heavy atom. The van der Waals surface area contributed by atoms with Gasteiger partial charge in [-0.2, -0.15) is 0 Å². The van der Waals surface area contributed by atoms with Crippen LogP contribution in [0.4, 0.5) is 8.78 Å². The molecule has 0 nitrogen and oxygen atoms in total. The van der Waals surface area contributed by atoms with E-state index in [-0.39, 0.29) is 5.56 Å². The minimum atomic E-state index is -0.630. The highest BCUT2D eigenvalue weighted by atomic mass is 19.1. The van der Waals surface area contributed by atoms with Crippen molar-refractivity contribution in [3.05, 3.63) is 70.8 Å². The highest BCUT2D eigenvalue weighted by Gasteiger charge is 2.00. The molecule has 0 heterocycles. The molecule has 2 aromatic rings. The van der Waals surface area contributed by atoms with Crippen molar-refractivity contribution < 1.29 is 8.78 Å². The molecule has 0 unspecified atom stereocenters. The van der Waals surface area contributed by atoms with Crippen molar-refractivity contribution in [1.82, 2.24) is 0 Å². The van der Waals surface area contributed by atoms with Crippen LogP contribution in [-0.2, 0) is 6.42 Å². The Morgan fingerprint density at radius 1 is 0.947 bits per heavy atom. The third kappa shape index (κ3) is 3.66. The Bertz CT molecular complexity index is 616. The van der Waals surface area contributed by atoms with Gasteiger partial charge in [-0.3, -0.25) is 0 Å². The molecule has 0 radical (unpaired) electrons. The van der Waals surface area contributed by atoms with Gasteiger partial charge in [0.2, 0.25) is 0 Å². The van der Waals surface area contributed by atoms with E-state index in [1.165, 1.54) is 17.7 Å². The predicted molar refractivity (Wildman–Crippen MR) is 72.8 cm³/mol. The van der Waals surface area contributed by atoms with Crippen LogP contribution in [0.2, 0.25) is 0 Å². The third-order valence-corrected chi connectivity index (χ3v) is 2.77. The van der Waals surface area contributed by atoms with Gasteiger partial charge < -0.3 is 0 Å². The molecule has 2 heteroatoms. The van der Waals surface area contributed by atoms with Crippen LogP contribution in [0.25, 0.3) is 0 Å². The molecule has 0 amide bonds. The number of hydrogen-bond donors (Lipinski definition) is 0. The van der Waals surface area contributed by atoms with Crippen molar-refractivity contribution in [2.75, 3.05) is 0 Å². The van der Waals surface area contributed by atoms with Gasteiger partial charge in [0.05, 0.1) is 5.56 Å². The van der Waals surface area contributed by atoms with Crippen LogP contribution < -0.4 is 0 Å². The molecule has 0 saturated carbocycles. The van der Waals surface area contributed by atoms with E-state index in [1.807, 2.05) is 24.3 Å². The van der Waals surface area contributed by atoms with Crippen LogP contribution in [-0.4, -0.2) is 0 Å². The van der Waals surface area contributed by atoms with E-state index in [1.54, 1.807) is 0 Å². The molecular weight excluding hydrogens is 242 g/mol. The topological polar surface area (TPSA) is 0 Å². The molecule has 0 saturated heterocycles. The second kappa shape index (κ2) is 6.15. The summed E-state index contributed by atoms with van der Waals surface area (Å²) in [4.78, 5) is 0. The lowest BCUT2D eigenvalue weighted by Gasteiger charge is -1.98. The van der Waals surface area contributed by atoms with Crippen molar-refractivity contribution in [3.8, 4) is 11.8 Å². The molecule has 0 aliphatic rings. The Balaban J connectivity index is 2.19. The molecule has 0 fully saturated rings. The first kappa shape index (κ1) is 13.3. The average Bonchev–Trinajstić information content (AvgIpc) is 2.40. The average molecular weight is 256 g/mol. The first-order chi connectivity index (χ1) is 9.19. The van der Waals surface area contributed by atoms with Crippen LogP contribution in [0, 0.1) is 23.5 Å². The number of rotatable bonds is 2. The lowest BCUT2D eigenvalue weighted by atomic mass is 10.1. The van der Waals surface area contributed by atoms with E-state index in [4.69, 9.17) is 0 Å². The Hall–Kier alpha value is -2.14. The smallest absolute Gasteiger partial charge is 0.141 e. The van der Waals surface area contributed by atoms with Crippen molar-refractivity contribution in [2.45, 2.75) is 19.8 Å². The van der Waals surface area contributed by atoms with Crippen molar-refractivity contribution in [1.29, 1.82) is 0 Å². The summed E-state index contributed by atoms with van der Waals surface area (Å²) in [6.45, 7) is 2.13. The van der Waals surface area contributed by atoms with Crippen LogP contribution in [0.15, 0.2) is 42.5 Å². The maximum Gasteiger partial charge on any atom is 0.141 e. The zero-order chi connectivity index (χ0) is 13.7. The number of halogens is 2. The Labute approximate surface area is 112 Å². The highest BCUT2D eigenvalue weighted by Crippen LogP contribution is 2.09. The fourth-order valence-corrected chi connectivity index (χ4v) is 1.77. The monoisotopic (exact) mass is 256 g/mol. The molecule has 0 N–H and O–H groups in total. The molecule has 0 aliphatic carbocycles. The molecule has 0 spiro atoms. The van der Waals surface area contributed by atoms with E-state index in [2.05, 4.69) is 18.8 Å². The SMILES string of the molecule is CCCc1ccc(C#Cc2ccc(F)cc2F)cc1. The Morgan fingerprint density at radius 2 is 1.68 bits per heavy atom. The second-order valence-corrected chi connectivity index (χ2v) is 4.32. The summed E-state index contributed by atoms with van der Waals surface area (Å²) in [6.07, 6.45) is 2.14. The third-order valence-electron chi connectivity index (χ3n) is 2.77. The van der Waals surface area contributed by atoms with Gasteiger partial charge in [-0.1, -0.05) is 37.3 Å². The second-order valence-electron chi connectivity index (χ2n) is 4.32. The quantitative estimate of drug-likeness (QED) is 0.702. The first-order valence-electron chi connectivity index (χ1n) is 6.25. The normalized spacial score (nSPS) is 9.84. The van der Waals surface area contributed by atoms with E-state index < -0.39 is 11.6 Å². The Kier molecular flexibility index (Phi) is 4.30. The number of benzene rings is 2. The molecule has 0 aromatic heterocycles. The molecule has 96 valence electrons. The molecular formula is C17H14F2. The van der Waals surface area contributed by atoms with Gasteiger partial charge in [0.1, 0.15) is 11.6 Å². The number of hydrogen-bond acceptors (Lipinski definition) is 0. The minimum Gasteiger partial charge on any atom is -0.207 e. The van der Waals surface area contributed by atoms with E-state index in [9.17, 15) is 8.78 Å². The van der Waals surface area contributed by atoms with Gasteiger partial charge in [0.15, 0.2) is 0 Å². The highest BCUT2D eigenvalue weighted by molar-refractivity contribution is 5.44. The fraction of sp³-hybridized carbons (Fsp3) is 0.176. The maximum absolute atomic E-state index is 13.4. The lowest BCUT2D eigenvalue weighted by molar-refractivity contribution is 0.581. The molecule has 2 rings (SSSR count). The summed E-state index contributed by atoms with van der Waals surface area (Å²) in [5.41, 5.74) is 2.30. The summed E-state index contributed by atoms with van der Waals surface area (Å²) in [7, 11) is 0. The standard InChI is InChI=1S/C17H14F2/c1-2-3-13-4-6-14(7-5-13)8-9-15-10-11-16(18)12-17(15)19/h4-7,10-12H,2-3H2,1H3. The van der Waals surface area contributed by atoms with Crippen molar-refractivity contribution in [3.63, 3.8) is 0 Å². The number of aryl methyl sites for hydroxylation is 1. The largest absolute Gasteiger partial charge is 0.207 e. The van der Waals surface area contributed by atoms with Crippen LogP contribution in [0.3, 0.4) is 0 Å². The maximum atomic E-state index is 13.4. The summed E-state index contributed by atoms with van der Waals surface area (Å²) >= 11 is 0. The van der Waals surface area contributed by atoms with Gasteiger partial charge >= 0.3 is 0 Å². The predicted octanol–water partition coefficient (Wildman–Crippen LogP) is 4.32. The van der Waals surface area contributed by atoms with Gasteiger partial charge in [-0.25, -0.2) is 8.78 Å². The van der Waals surface area contributed by atoms with Crippen LogP contribution >= 0.6 is 0 Å². The van der Waals surface area contributed by atoms with Gasteiger partial charge in [-0.05, 0) is 36.2 Å². The lowest BCUT2D eigenvalue weighted by Crippen LogP contribution is -1.86. The molecule has 0 bridgehead atoms. The summed E-state index contributed by atoms with van der Waals surface area (Å²) in [5, 5.41) is 0.